The van der Waals surface area contributed by atoms with Crippen molar-refractivity contribution >= 4 is 61.9 Å². The van der Waals surface area contributed by atoms with Crippen LogP contribution in [-0.4, -0.2) is 91.1 Å². The third-order valence-corrected chi connectivity index (χ3v) is 12.5. The van der Waals surface area contributed by atoms with Gasteiger partial charge in [0.25, 0.3) is 0 Å². The first-order valence-corrected chi connectivity index (χ1v) is 20.7. The Bertz CT molecular complexity index is 2750. The molecule has 2 aliphatic heterocycles. The highest BCUT2D eigenvalue weighted by molar-refractivity contribution is 6.07. The number of amides is 2. The van der Waals surface area contributed by atoms with Crippen molar-refractivity contribution in [2.45, 2.75) is 57.8 Å². The molecule has 0 bridgehead atoms. The minimum atomic E-state index is -1.15. The van der Waals surface area contributed by atoms with Crippen molar-refractivity contribution in [1.29, 1.82) is 0 Å². The fraction of sp³-hybridized carbons (Fsp3) is 0.340. The Labute approximate surface area is 347 Å². The summed E-state index contributed by atoms with van der Waals surface area (Å²) in [5, 5.41) is 17.3. The first kappa shape index (κ1) is 39.3. The van der Waals surface area contributed by atoms with Gasteiger partial charge in [0.2, 0.25) is 5.91 Å². The van der Waals surface area contributed by atoms with Gasteiger partial charge in [0.05, 0.1) is 40.8 Å². The molecule has 0 saturated carbocycles. The van der Waals surface area contributed by atoms with Gasteiger partial charge < -0.3 is 35.2 Å². The molecule has 6 atom stereocenters. The van der Waals surface area contributed by atoms with Gasteiger partial charge >= 0.3 is 6.09 Å². The quantitative estimate of drug-likeness (QED) is 0.0941. The predicted molar refractivity (Wildman–Crippen MR) is 232 cm³/mol. The van der Waals surface area contributed by atoms with Crippen LogP contribution in [-0.2, 0) is 14.3 Å². The van der Waals surface area contributed by atoms with Crippen molar-refractivity contribution in [1.82, 2.24) is 34.9 Å². The third-order valence-electron chi connectivity index (χ3n) is 12.5. The summed E-state index contributed by atoms with van der Waals surface area (Å²) in [6.45, 7) is 7.40. The largest absolute Gasteiger partial charge is 0.464 e. The zero-order valence-electron chi connectivity index (χ0n) is 34.2. The highest BCUT2D eigenvalue weighted by Crippen LogP contribution is 2.40. The summed E-state index contributed by atoms with van der Waals surface area (Å²) in [4.78, 5) is 57.6. The van der Waals surface area contributed by atoms with Crippen LogP contribution in [0.1, 0.15) is 69.0 Å². The molecule has 5 N–H and O–H groups in total. The van der Waals surface area contributed by atoms with Crippen molar-refractivity contribution in [3.8, 4) is 11.1 Å². The maximum atomic E-state index is 13.9. The number of nitrogens with zero attached hydrogens (tertiary/aromatic N) is 5. The number of ether oxygens (including phenoxy) is 1. The van der Waals surface area contributed by atoms with Gasteiger partial charge in [-0.2, -0.15) is 0 Å². The molecule has 1 unspecified atom stereocenters. The number of likely N-dealkylation sites (tertiary alicyclic amines) is 1. The summed E-state index contributed by atoms with van der Waals surface area (Å²) in [6, 6.07) is 28.4. The van der Waals surface area contributed by atoms with Crippen molar-refractivity contribution in [3.05, 3.63) is 108 Å². The lowest BCUT2D eigenvalue weighted by molar-refractivity contribution is -0.134. The van der Waals surface area contributed by atoms with E-state index < -0.39 is 18.2 Å². The number of hydrazine groups is 1. The Hall–Kier alpha value is -6.15. The van der Waals surface area contributed by atoms with E-state index in [1.54, 1.807) is 12.1 Å². The zero-order valence-corrected chi connectivity index (χ0v) is 34.2. The molecule has 2 aliphatic rings. The molecule has 2 saturated heterocycles. The minimum absolute atomic E-state index is 0.128. The monoisotopic (exact) mass is 806 g/mol. The van der Waals surface area contributed by atoms with Crippen LogP contribution in [0.3, 0.4) is 0 Å². The van der Waals surface area contributed by atoms with E-state index in [4.69, 9.17) is 20.4 Å². The molecule has 4 heterocycles. The number of nitrogens with one attached hydrogen (secondary N) is 2. The number of nitrogens with two attached hydrogens (primary N) is 1. The molecule has 0 radical (unpaired) electrons. The summed E-state index contributed by atoms with van der Waals surface area (Å²) >= 11 is 0. The number of benzene rings is 5. The lowest BCUT2D eigenvalue weighted by Gasteiger charge is -2.38. The molecule has 7 aromatic rings. The van der Waals surface area contributed by atoms with Crippen LogP contribution in [0.2, 0.25) is 0 Å². The number of hydrogen-bond acceptors (Lipinski definition) is 8. The van der Waals surface area contributed by atoms with Gasteiger partial charge in [-0.15, -0.1) is 0 Å². The molecule has 308 valence electrons. The number of H-pyrrole nitrogens is 2. The fourth-order valence-electron chi connectivity index (χ4n) is 9.50. The van der Waals surface area contributed by atoms with Crippen molar-refractivity contribution in [3.63, 3.8) is 0 Å². The van der Waals surface area contributed by atoms with Crippen LogP contribution in [0.5, 0.6) is 0 Å². The first-order chi connectivity index (χ1) is 29.0. The Morgan fingerprint density at radius 2 is 1.47 bits per heavy atom. The summed E-state index contributed by atoms with van der Waals surface area (Å²) in [5.74, 6) is 1.49. The highest BCUT2D eigenvalue weighted by atomic mass is 16.5. The molecule has 0 spiro atoms. The molecule has 2 amide bonds. The van der Waals surface area contributed by atoms with Crippen molar-refractivity contribution in [2.24, 2.45) is 23.5 Å². The van der Waals surface area contributed by atoms with E-state index in [0.29, 0.717) is 31.9 Å². The smallest absolute Gasteiger partial charge is 0.422 e. The molecule has 60 heavy (non-hydrogen) atoms. The summed E-state index contributed by atoms with van der Waals surface area (Å²) in [6.07, 6.45) is 1.01. The van der Waals surface area contributed by atoms with Crippen LogP contribution in [0.25, 0.3) is 54.7 Å². The molecule has 5 aromatic carbocycles. The van der Waals surface area contributed by atoms with E-state index in [1.807, 2.05) is 55.1 Å². The van der Waals surface area contributed by atoms with Gasteiger partial charge in [0.1, 0.15) is 30.0 Å². The lowest BCUT2D eigenvalue weighted by Crippen LogP contribution is -2.54. The second-order valence-electron chi connectivity index (χ2n) is 17.0. The number of aromatic amines is 2. The number of imidazole rings is 2. The molecular weight excluding hydrogens is 757 g/mol. The molecule has 13 heteroatoms. The SMILES string of the molecule is COC[C@H]1C[C@@H](c2nc3c(ccc4cc(-c5ccc6c(ccc7[nH]c([C@@H]8C[C@H](C)CN8N(C(=O)O)C(C=O)C(C)C)nc76)c5)ccc43)[nH]2)N(C(=O)[C@H](N)c2ccccc2)C1. The fourth-order valence-corrected chi connectivity index (χ4v) is 9.50. The van der Waals surface area contributed by atoms with Crippen LogP contribution in [0.4, 0.5) is 4.79 Å². The number of rotatable bonds is 11. The summed E-state index contributed by atoms with van der Waals surface area (Å²) < 4.78 is 5.51. The number of aldehydes is 1. The molecule has 13 nitrogen and oxygen atoms in total. The molecule has 9 rings (SSSR count). The van der Waals surface area contributed by atoms with Crippen LogP contribution in [0, 0.1) is 17.8 Å². The average molecular weight is 807 g/mol. The second kappa shape index (κ2) is 15.8. The van der Waals surface area contributed by atoms with Gasteiger partial charge in [-0.1, -0.05) is 87.5 Å². The number of carbonyl (C=O) groups excluding carboxylic acids is 2. The highest BCUT2D eigenvalue weighted by Gasteiger charge is 2.43. The number of fused-ring (bicyclic) bond motifs is 6. The maximum Gasteiger partial charge on any atom is 0.422 e. The van der Waals surface area contributed by atoms with Crippen LogP contribution < -0.4 is 5.73 Å². The Morgan fingerprint density at radius 1 is 0.867 bits per heavy atom. The third kappa shape index (κ3) is 6.95. The maximum absolute atomic E-state index is 13.9. The second-order valence-corrected chi connectivity index (χ2v) is 17.0. The van der Waals surface area contributed by atoms with Crippen LogP contribution in [0.15, 0.2) is 91.0 Å². The normalized spacial score (nSPS) is 20.8. The van der Waals surface area contributed by atoms with Crippen molar-refractivity contribution < 1.29 is 24.2 Å². The van der Waals surface area contributed by atoms with Gasteiger partial charge in [-0.3, -0.25) is 4.79 Å². The average Bonchev–Trinajstić information content (AvgIpc) is 4.06. The Kier molecular flexibility index (Phi) is 10.3. The van der Waals surface area contributed by atoms with E-state index in [0.717, 1.165) is 78.8 Å². The molecule has 2 fully saturated rings. The lowest BCUT2D eigenvalue weighted by atomic mass is 9.98. The van der Waals surface area contributed by atoms with E-state index in [2.05, 4.69) is 71.5 Å². The number of hydrogen-bond donors (Lipinski definition) is 4. The molecular formula is C47H50N8O5. The Morgan fingerprint density at radius 3 is 2.02 bits per heavy atom. The van der Waals surface area contributed by atoms with Gasteiger partial charge in [0, 0.05) is 36.9 Å². The predicted octanol–water partition coefficient (Wildman–Crippen LogP) is 8.15. The molecule has 2 aromatic heterocycles. The topological polar surface area (TPSA) is 174 Å². The standard InChI is InChI=1S/C47H50N8O5/c1-26(2)40(24-56)55(47(58)59)54-22-27(3)18-39(54)45-50-37-17-13-33-21-31(11-15-35(33)43(37)52-45)30-10-14-34-32(20-30)12-16-36-42(34)51-44(49-36)38-19-28(25-60-4)23-53(38)46(57)41(48)29-8-6-5-7-9-29/h5-17,20-21,24,26-28,38-41H,18-19,22-23,25,48H2,1-4H3,(H,49,51)(H,50,52)(H,58,59)/t27-,28-,38-,39-,40?,41+/m0/s1. The van der Waals surface area contributed by atoms with E-state index >= 15 is 0 Å². The van der Waals surface area contributed by atoms with Gasteiger partial charge in [-0.05, 0) is 76.4 Å². The summed E-state index contributed by atoms with van der Waals surface area (Å²) in [5.41, 5.74) is 12.9. The molecule has 0 aliphatic carbocycles. The number of carboxylic acid groups (broad SMARTS) is 1. The van der Waals surface area contributed by atoms with E-state index in [9.17, 15) is 19.5 Å². The van der Waals surface area contributed by atoms with Gasteiger partial charge in [-0.25, -0.2) is 24.8 Å². The number of methoxy groups -OCH3 is 1. The van der Waals surface area contributed by atoms with Crippen molar-refractivity contribution in [2.75, 3.05) is 26.8 Å². The Balaban J connectivity index is 1.01. The van der Waals surface area contributed by atoms with Gasteiger partial charge in [0.15, 0.2) is 0 Å². The zero-order chi connectivity index (χ0) is 41.8. The minimum Gasteiger partial charge on any atom is -0.464 e. The first-order valence-electron chi connectivity index (χ1n) is 20.7. The van der Waals surface area contributed by atoms with Crippen LogP contribution >= 0.6 is 0 Å². The van der Waals surface area contributed by atoms with E-state index in [1.165, 1.54) is 5.01 Å². The number of carbonyl (C=O) groups is 3. The number of aromatic nitrogens is 4. The van der Waals surface area contributed by atoms with E-state index in [-0.39, 0.29) is 35.7 Å². The summed E-state index contributed by atoms with van der Waals surface area (Å²) in [7, 11) is 1.69.